The van der Waals surface area contributed by atoms with Gasteiger partial charge >= 0.3 is 0 Å². The number of para-hydroxylation sites is 1. The Kier molecular flexibility index (Phi) is 4.60. The molecule has 3 fully saturated rings. The van der Waals surface area contributed by atoms with Crippen LogP contribution in [0, 0.1) is 11.8 Å². The largest absolute Gasteiger partial charge is 0.342 e. The molecule has 1 aromatic carbocycles. The van der Waals surface area contributed by atoms with Crippen LogP contribution in [-0.4, -0.2) is 57.3 Å². The first-order chi connectivity index (χ1) is 14.1. The quantitative estimate of drug-likeness (QED) is 0.859. The summed E-state index contributed by atoms with van der Waals surface area (Å²) in [5.41, 5.74) is 0.501. The molecule has 0 aliphatic carbocycles. The van der Waals surface area contributed by atoms with Gasteiger partial charge in [0.2, 0.25) is 11.8 Å². The Balaban J connectivity index is 1.25. The number of rotatable bonds is 3. The van der Waals surface area contributed by atoms with Crippen molar-refractivity contribution in [1.82, 2.24) is 19.8 Å². The number of hydrogen-bond acceptors (Lipinski definition) is 4. The van der Waals surface area contributed by atoms with Crippen LogP contribution in [0.2, 0.25) is 0 Å². The van der Waals surface area contributed by atoms with Gasteiger partial charge in [-0.2, -0.15) is 0 Å². The highest BCUT2D eigenvalue weighted by Gasteiger charge is 2.44. The zero-order chi connectivity index (χ0) is 20.0. The van der Waals surface area contributed by atoms with Gasteiger partial charge in [0.25, 0.3) is 5.56 Å². The van der Waals surface area contributed by atoms with Gasteiger partial charge in [0.1, 0.15) is 5.82 Å². The van der Waals surface area contributed by atoms with Gasteiger partial charge in [-0.3, -0.25) is 14.4 Å². The number of aromatic amines is 1. The zero-order valence-electron chi connectivity index (χ0n) is 16.5. The van der Waals surface area contributed by atoms with E-state index in [0.29, 0.717) is 59.8 Å². The number of nitrogens with zero attached hydrogens (tertiary/aromatic N) is 3. The fourth-order valence-electron chi connectivity index (χ4n) is 5.45. The summed E-state index contributed by atoms with van der Waals surface area (Å²) in [6.07, 6.45) is 4.60. The van der Waals surface area contributed by atoms with Crippen molar-refractivity contribution in [2.24, 2.45) is 11.8 Å². The highest BCUT2D eigenvalue weighted by atomic mass is 16.2. The maximum atomic E-state index is 12.9. The summed E-state index contributed by atoms with van der Waals surface area (Å²) in [5, 5.41) is 0.568. The molecule has 1 aromatic heterocycles. The molecular formula is C22H26N4O3. The van der Waals surface area contributed by atoms with E-state index in [1.165, 1.54) is 0 Å². The third kappa shape index (κ3) is 3.43. The minimum Gasteiger partial charge on any atom is -0.342 e. The Morgan fingerprint density at radius 2 is 2.03 bits per heavy atom. The molecule has 0 spiro atoms. The van der Waals surface area contributed by atoms with Crippen LogP contribution in [0.1, 0.15) is 37.9 Å². The number of benzene rings is 1. The number of piperidine rings is 3. The first-order valence-electron chi connectivity index (χ1n) is 10.6. The summed E-state index contributed by atoms with van der Waals surface area (Å²) in [6.45, 7) is 2.27. The topological polar surface area (TPSA) is 86.4 Å². The lowest BCUT2D eigenvalue weighted by molar-refractivity contribution is -0.148. The molecule has 7 nitrogen and oxygen atoms in total. The van der Waals surface area contributed by atoms with Crippen LogP contribution < -0.4 is 5.56 Å². The van der Waals surface area contributed by atoms with Gasteiger partial charge in [-0.05, 0) is 43.2 Å². The number of aryl methyl sites for hydroxylation is 1. The fourth-order valence-corrected chi connectivity index (χ4v) is 5.45. The van der Waals surface area contributed by atoms with Crippen molar-refractivity contribution in [3.63, 3.8) is 0 Å². The first-order valence-corrected chi connectivity index (χ1v) is 10.6. The second kappa shape index (κ2) is 7.28. The third-order valence-corrected chi connectivity index (χ3v) is 6.77. The fraction of sp³-hybridized carbons (Fsp3) is 0.545. The van der Waals surface area contributed by atoms with Gasteiger partial charge in [-0.15, -0.1) is 0 Å². The van der Waals surface area contributed by atoms with Crippen LogP contribution in [0.4, 0.5) is 0 Å². The standard InChI is InChI=1S/C22H26N4O3/c27-20(9-8-19-23-17-5-2-1-4-16(17)22(29)24-19)25-11-14-10-15(13-25)18-6-3-7-21(28)26(18)12-14/h1-2,4-5,14-15,18H,3,6-13H2,(H,23,24,29)/t14-,15+,18-/m1/s1. The van der Waals surface area contributed by atoms with Crippen molar-refractivity contribution in [2.45, 2.75) is 44.6 Å². The molecule has 1 N–H and O–H groups in total. The molecular weight excluding hydrogens is 368 g/mol. The first kappa shape index (κ1) is 18.3. The number of H-pyrrole nitrogens is 1. The number of fused-ring (bicyclic) bond motifs is 5. The number of amides is 2. The molecule has 3 atom stereocenters. The number of carbonyl (C=O) groups is 2. The van der Waals surface area contributed by atoms with E-state index in [-0.39, 0.29) is 11.5 Å². The van der Waals surface area contributed by atoms with Gasteiger partial charge < -0.3 is 14.8 Å². The molecule has 2 amide bonds. The van der Waals surface area contributed by atoms with Crippen LogP contribution in [0.5, 0.6) is 0 Å². The number of likely N-dealkylation sites (tertiary alicyclic amines) is 1. The number of carbonyl (C=O) groups excluding carboxylic acids is 2. The predicted molar refractivity (Wildman–Crippen MR) is 108 cm³/mol. The van der Waals surface area contributed by atoms with E-state index in [1.807, 2.05) is 23.1 Å². The highest BCUT2D eigenvalue weighted by molar-refractivity contribution is 5.79. The predicted octanol–water partition coefficient (Wildman–Crippen LogP) is 1.72. The minimum absolute atomic E-state index is 0.117. The molecule has 0 radical (unpaired) electrons. The van der Waals surface area contributed by atoms with Crippen LogP contribution >= 0.6 is 0 Å². The van der Waals surface area contributed by atoms with Crippen molar-refractivity contribution in [3.8, 4) is 0 Å². The maximum absolute atomic E-state index is 12.9. The molecule has 3 aliphatic heterocycles. The summed E-state index contributed by atoms with van der Waals surface area (Å²) in [5.74, 6) is 1.75. The molecule has 2 bridgehead atoms. The van der Waals surface area contributed by atoms with Crippen molar-refractivity contribution in [3.05, 3.63) is 40.4 Å². The van der Waals surface area contributed by atoms with Crippen LogP contribution in [-0.2, 0) is 16.0 Å². The third-order valence-electron chi connectivity index (χ3n) is 6.77. The summed E-state index contributed by atoms with van der Waals surface area (Å²) in [7, 11) is 0. The van der Waals surface area contributed by atoms with Crippen LogP contribution in [0.3, 0.4) is 0 Å². The van der Waals surface area contributed by atoms with E-state index in [2.05, 4.69) is 14.9 Å². The molecule has 7 heteroatoms. The highest BCUT2D eigenvalue weighted by Crippen LogP contribution is 2.38. The molecule has 2 aromatic rings. The normalized spacial score (nSPS) is 26.5. The molecule has 3 saturated heterocycles. The van der Waals surface area contributed by atoms with Crippen molar-refractivity contribution >= 4 is 22.7 Å². The Hall–Kier alpha value is -2.70. The van der Waals surface area contributed by atoms with Crippen LogP contribution in [0.25, 0.3) is 10.9 Å². The average Bonchev–Trinajstić information content (AvgIpc) is 2.73. The molecule has 0 saturated carbocycles. The summed E-state index contributed by atoms with van der Waals surface area (Å²) in [4.78, 5) is 48.8. The van der Waals surface area contributed by atoms with Gasteiger partial charge in [-0.25, -0.2) is 4.98 Å². The van der Waals surface area contributed by atoms with E-state index in [0.717, 1.165) is 38.9 Å². The molecule has 29 heavy (non-hydrogen) atoms. The Bertz CT molecular complexity index is 1020. The molecule has 152 valence electrons. The van der Waals surface area contributed by atoms with Gasteiger partial charge in [0.15, 0.2) is 0 Å². The second-order valence-corrected chi connectivity index (χ2v) is 8.70. The Labute approximate surface area is 169 Å². The maximum Gasteiger partial charge on any atom is 0.258 e. The molecule has 5 rings (SSSR count). The van der Waals surface area contributed by atoms with E-state index in [9.17, 15) is 14.4 Å². The molecule has 0 unspecified atom stereocenters. The smallest absolute Gasteiger partial charge is 0.258 e. The number of nitrogens with one attached hydrogen (secondary N) is 1. The van der Waals surface area contributed by atoms with Gasteiger partial charge in [-0.1, -0.05) is 12.1 Å². The van der Waals surface area contributed by atoms with Crippen molar-refractivity contribution in [2.75, 3.05) is 19.6 Å². The van der Waals surface area contributed by atoms with Gasteiger partial charge in [0.05, 0.1) is 10.9 Å². The number of aromatic nitrogens is 2. The van der Waals surface area contributed by atoms with Crippen LogP contribution in [0.15, 0.2) is 29.1 Å². The van der Waals surface area contributed by atoms with E-state index < -0.39 is 0 Å². The van der Waals surface area contributed by atoms with E-state index in [1.54, 1.807) is 6.07 Å². The van der Waals surface area contributed by atoms with Gasteiger partial charge in [0, 0.05) is 44.9 Å². The van der Waals surface area contributed by atoms with E-state index in [4.69, 9.17) is 0 Å². The summed E-state index contributed by atoms with van der Waals surface area (Å²) < 4.78 is 0. The summed E-state index contributed by atoms with van der Waals surface area (Å²) >= 11 is 0. The molecule has 4 heterocycles. The number of hydrogen-bond donors (Lipinski definition) is 1. The Morgan fingerprint density at radius 1 is 1.17 bits per heavy atom. The summed E-state index contributed by atoms with van der Waals surface area (Å²) in [6, 6.07) is 7.55. The monoisotopic (exact) mass is 394 g/mol. The average molecular weight is 394 g/mol. The lowest BCUT2D eigenvalue weighted by Crippen LogP contribution is -2.61. The molecule has 3 aliphatic rings. The Morgan fingerprint density at radius 3 is 2.93 bits per heavy atom. The lowest BCUT2D eigenvalue weighted by Gasteiger charge is -2.52. The van der Waals surface area contributed by atoms with E-state index >= 15 is 0 Å². The zero-order valence-corrected chi connectivity index (χ0v) is 16.5. The second-order valence-electron chi connectivity index (χ2n) is 8.70. The van der Waals surface area contributed by atoms with Crippen molar-refractivity contribution in [1.29, 1.82) is 0 Å². The minimum atomic E-state index is -0.160. The van der Waals surface area contributed by atoms with Crippen molar-refractivity contribution < 1.29 is 9.59 Å². The lowest BCUT2D eigenvalue weighted by atomic mass is 9.76. The SMILES string of the molecule is O=C(CCc1nc2ccccc2c(=O)[nH]1)N1C[C@H]2C[C@@H](C1)[C@H]1CCCC(=O)N1C2.